The number of methoxy groups -OCH3 is 1. The fourth-order valence-electron chi connectivity index (χ4n) is 2.40. The highest BCUT2D eigenvalue weighted by molar-refractivity contribution is 14.0. The number of halogens is 1. The molecule has 0 radical (unpaired) electrons. The normalized spacial score (nSPS) is 15.2. The summed E-state index contributed by atoms with van der Waals surface area (Å²) in [6.45, 7) is 10.6. The Morgan fingerprint density at radius 3 is 2.33 bits per heavy atom. The molecular formula is C16H33IN4O3. The molecule has 0 aromatic rings. The Kier molecular flexibility index (Phi) is 14.3. The van der Waals surface area contributed by atoms with Crippen molar-refractivity contribution in [3.8, 4) is 0 Å². The maximum Gasteiger partial charge on any atom is 0.219 e. The van der Waals surface area contributed by atoms with E-state index < -0.39 is 0 Å². The minimum atomic E-state index is 0. The largest absolute Gasteiger partial charge is 0.382 e. The van der Waals surface area contributed by atoms with Crippen LogP contribution >= 0.6 is 24.0 Å². The lowest BCUT2D eigenvalue weighted by molar-refractivity contribution is -0.130. The topological polar surface area (TPSA) is 66.4 Å². The van der Waals surface area contributed by atoms with Crippen LogP contribution in [0.1, 0.15) is 26.7 Å². The van der Waals surface area contributed by atoms with Gasteiger partial charge in [0.05, 0.1) is 13.2 Å². The average molecular weight is 456 g/mol. The molecule has 1 N–H and O–H groups in total. The maximum absolute atomic E-state index is 11.4. The molecular weight excluding hydrogens is 423 g/mol. The molecule has 0 bridgehead atoms. The summed E-state index contributed by atoms with van der Waals surface area (Å²) < 4.78 is 10.4. The van der Waals surface area contributed by atoms with Crippen LogP contribution in [0.25, 0.3) is 0 Å². The van der Waals surface area contributed by atoms with Gasteiger partial charge in [0, 0.05) is 59.9 Å². The van der Waals surface area contributed by atoms with E-state index in [4.69, 9.17) is 9.47 Å². The van der Waals surface area contributed by atoms with Crippen molar-refractivity contribution in [1.29, 1.82) is 0 Å². The second kappa shape index (κ2) is 14.7. The lowest BCUT2D eigenvalue weighted by atomic mass is 10.3. The molecule has 1 fully saturated rings. The molecule has 0 aliphatic carbocycles. The highest BCUT2D eigenvalue weighted by Crippen LogP contribution is 2.03. The van der Waals surface area contributed by atoms with Crippen molar-refractivity contribution in [2.24, 2.45) is 4.99 Å². The number of rotatable bonds is 9. The van der Waals surface area contributed by atoms with Gasteiger partial charge in [0.1, 0.15) is 0 Å². The minimum Gasteiger partial charge on any atom is -0.382 e. The van der Waals surface area contributed by atoms with Crippen molar-refractivity contribution in [3.63, 3.8) is 0 Å². The summed E-state index contributed by atoms with van der Waals surface area (Å²) in [5.74, 6) is 1.11. The van der Waals surface area contributed by atoms with Crippen LogP contribution in [0.2, 0.25) is 0 Å². The van der Waals surface area contributed by atoms with Crippen molar-refractivity contribution in [1.82, 2.24) is 15.1 Å². The van der Waals surface area contributed by atoms with E-state index in [2.05, 4.69) is 22.1 Å². The van der Waals surface area contributed by atoms with Gasteiger partial charge in [0.2, 0.25) is 5.91 Å². The number of guanidine groups is 1. The zero-order valence-corrected chi connectivity index (χ0v) is 17.6. The first kappa shape index (κ1) is 23.4. The van der Waals surface area contributed by atoms with E-state index >= 15 is 0 Å². The summed E-state index contributed by atoms with van der Waals surface area (Å²) in [7, 11) is 1.68. The number of amides is 1. The van der Waals surface area contributed by atoms with Gasteiger partial charge in [0.25, 0.3) is 0 Å². The third kappa shape index (κ3) is 9.63. The fourth-order valence-corrected chi connectivity index (χ4v) is 2.40. The standard InChI is InChI=1S/C16H32N4O3.HI/c1-4-17-16(18-7-5-6-12-23-14-13-22-3)20-10-8-19(9-11-20)15(2)21;/h4-14H2,1-3H3,(H,17,18);1H. The van der Waals surface area contributed by atoms with Gasteiger partial charge in [-0.05, 0) is 19.8 Å². The van der Waals surface area contributed by atoms with Gasteiger partial charge in [0.15, 0.2) is 5.96 Å². The van der Waals surface area contributed by atoms with Crippen molar-refractivity contribution in [3.05, 3.63) is 0 Å². The highest BCUT2D eigenvalue weighted by atomic mass is 127. The van der Waals surface area contributed by atoms with E-state index in [0.717, 1.165) is 64.7 Å². The Morgan fingerprint density at radius 1 is 1.08 bits per heavy atom. The highest BCUT2D eigenvalue weighted by Gasteiger charge is 2.20. The molecule has 0 aromatic carbocycles. The van der Waals surface area contributed by atoms with Crippen LogP contribution < -0.4 is 5.32 Å². The Balaban J connectivity index is 0.00000529. The number of piperazine rings is 1. The number of unbranched alkanes of at least 4 members (excludes halogenated alkanes) is 1. The van der Waals surface area contributed by atoms with Crippen LogP contribution in [0.4, 0.5) is 0 Å². The van der Waals surface area contributed by atoms with Crippen LogP contribution in [-0.4, -0.2) is 87.9 Å². The molecule has 1 rings (SSSR count). The first-order valence-corrected chi connectivity index (χ1v) is 8.54. The van der Waals surface area contributed by atoms with Crippen LogP contribution in [0, 0.1) is 0 Å². The smallest absolute Gasteiger partial charge is 0.219 e. The van der Waals surface area contributed by atoms with E-state index in [1.807, 2.05) is 4.90 Å². The molecule has 24 heavy (non-hydrogen) atoms. The molecule has 1 heterocycles. The Bertz CT molecular complexity index is 361. The summed E-state index contributed by atoms with van der Waals surface area (Å²) in [6.07, 6.45) is 2.01. The molecule has 0 aromatic heterocycles. The second-order valence-corrected chi connectivity index (χ2v) is 5.54. The molecule has 1 amide bonds. The number of hydrogen-bond acceptors (Lipinski definition) is 4. The average Bonchev–Trinajstić information content (AvgIpc) is 2.56. The second-order valence-electron chi connectivity index (χ2n) is 5.54. The van der Waals surface area contributed by atoms with Crippen LogP contribution in [-0.2, 0) is 14.3 Å². The number of nitrogens with one attached hydrogen (secondary N) is 1. The van der Waals surface area contributed by atoms with Gasteiger partial charge >= 0.3 is 0 Å². The summed E-state index contributed by atoms with van der Waals surface area (Å²) in [6, 6.07) is 0. The number of hydrogen-bond donors (Lipinski definition) is 1. The number of carbonyl (C=O) groups is 1. The molecule has 0 unspecified atom stereocenters. The third-order valence-electron chi connectivity index (χ3n) is 3.75. The maximum atomic E-state index is 11.4. The van der Waals surface area contributed by atoms with E-state index in [1.165, 1.54) is 0 Å². The molecule has 1 saturated heterocycles. The van der Waals surface area contributed by atoms with Crippen LogP contribution in [0.15, 0.2) is 4.99 Å². The zero-order chi connectivity index (χ0) is 16.9. The van der Waals surface area contributed by atoms with Gasteiger partial charge in [-0.25, -0.2) is 0 Å². The first-order chi connectivity index (χ1) is 11.2. The van der Waals surface area contributed by atoms with E-state index in [1.54, 1.807) is 14.0 Å². The Hall–Kier alpha value is -0.610. The van der Waals surface area contributed by atoms with E-state index in [9.17, 15) is 4.79 Å². The van der Waals surface area contributed by atoms with Gasteiger partial charge in [-0.1, -0.05) is 0 Å². The SMILES string of the molecule is CCNC(=NCCCCOCCOC)N1CCN(C(C)=O)CC1.I. The summed E-state index contributed by atoms with van der Waals surface area (Å²) in [4.78, 5) is 20.2. The van der Waals surface area contributed by atoms with Crippen molar-refractivity contribution < 1.29 is 14.3 Å². The third-order valence-corrected chi connectivity index (χ3v) is 3.75. The van der Waals surface area contributed by atoms with Crippen LogP contribution in [0.3, 0.4) is 0 Å². The summed E-state index contributed by atoms with van der Waals surface area (Å²) in [5.41, 5.74) is 0. The number of carbonyl (C=O) groups excluding carboxylic acids is 1. The van der Waals surface area contributed by atoms with Gasteiger partial charge in [-0.15, -0.1) is 24.0 Å². The predicted octanol–water partition coefficient (Wildman–Crippen LogP) is 1.18. The van der Waals surface area contributed by atoms with Gasteiger partial charge in [-0.2, -0.15) is 0 Å². The zero-order valence-electron chi connectivity index (χ0n) is 15.3. The van der Waals surface area contributed by atoms with Crippen molar-refractivity contribution in [2.45, 2.75) is 26.7 Å². The lowest BCUT2D eigenvalue weighted by Crippen LogP contribution is -2.53. The quantitative estimate of drug-likeness (QED) is 0.244. The fraction of sp³-hybridized carbons (Fsp3) is 0.875. The molecule has 1 aliphatic rings. The lowest BCUT2D eigenvalue weighted by Gasteiger charge is -2.36. The Labute approximate surface area is 163 Å². The van der Waals surface area contributed by atoms with Crippen molar-refractivity contribution in [2.75, 3.05) is 66.2 Å². The summed E-state index contributed by atoms with van der Waals surface area (Å²) >= 11 is 0. The molecule has 0 atom stereocenters. The number of nitrogens with zero attached hydrogens (tertiary/aromatic N) is 3. The first-order valence-electron chi connectivity index (χ1n) is 8.54. The minimum absolute atomic E-state index is 0. The van der Waals surface area contributed by atoms with Gasteiger partial charge in [-0.3, -0.25) is 9.79 Å². The summed E-state index contributed by atoms with van der Waals surface area (Å²) in [5, 5.41) is 3.34. The van der Waals surface area contributed by atoms with Gasteiger partial charge < -0.3 is 24.6 Å². The van der Waals surface area contributed by atoms with E-state index in [0.29, 0.717) is 13.2 Å². The number of ether oxygens (including phenoxy) is 2. The molecule has 8 heteroatoms. The number of aliphatic imine (C=N–C) groups is 1. The molecule has 1 aliphatic heterocycles. The molecule has 0 spiro atoms. The van der Waals surface area contributed by atoms with Crippen LogP contribution in [0.5, 0.6) is 0 Å². The Morgan fingerprint density at radius 2 is 1.75 bits per heavy atom. The van der Waals surface area contributed by atoms with Crippen molar-refractivity contribution >= 4 is 35.8 Å². The predicted molar refractivity (Wildman–Crippen MR) is 107 cm³/mol. The monoisotopic (exact) mass is 456 g/mol. The molecule has 7 nitrogen and oxygen atoms in total. The van der Waals surface area contributed by atoms with E-state index in [-0.39, 0.29) is 29.9 Å². The molecule has 142 valence electrons. The molecule has 0 saturated carbocycles.